The fourth-order valence-corrected chi connectivity index (χ4v) is 2.94. The van der Waals surface area contributed by atoms with Crippen LogP contribution in [0.3, 0.4) is 0 Å². The third-order valence-corrected chi connectivity index (χ3v) is 4.55. The Hall–Kier alpha value is -3.22. The summed E-state index contributed by atoms with van der Waals surface area (Å²) in [6.07, 6.45) is 0. The Kier molecular flexibility index (Phi) is 5.61. The van der Waals surface area contributed by atoms with Crippen molar-refractivity contribution in [2.75, 3.05) is 0 Å². The number of benzene rings is 3. The Morgan fingerprint density at radius 2 is 1.61 bits per heavy atom. The molecule has 0 aliphatic rings. The minimum Gasteiger partial charge on any atom is -0.423 e. The molecule has 4 rings (SSSR count). The van der Waals surface area contributed by atoms with Gasteiger partial charge in [0.05, 0.1) is 5.69 Å². The molecule has 0 aliphatic carbocycles. The van der Waals surface area contributed by atoms with Gasteiger partial charge < -0.3 is 10.1 Å². The molecule has 1 N–H and O–H groups in total. The molecule has 1 aromatic heterocycles. The lowest BCUT2D eigenvalue weighted by molar-refractivity contribution is 0.427. The Morgan fingerprint density at radius 3 is 2.39 bits per heavy atom. The van der Waals surface area contributed by atoms with Gasteiger partial charge in [0, 0.05) is 18.1 Å². The number of hydrogen-bond acceptors (Lipinski definition) is 5. The molecule has 0 amide bonds. The summed E-state index contributed by atoms with van der Waals surface area (Å²) in [6.45, 7) is 1.44. The first-order valence-electron chi connectivity index (χ1n) is 8.84. The number of para-hydroxylation sites is 1. The van der Waals surface area contributed by atoms with Crippen LogP contribution in [-0.4, -0.2) is 20.2 Å². The quantitative estimate of drug-likeness (QED) is 0.506. The van der Waals surface area contributed by atoms with E-state index >= 15 is 0 Å². The molecule has 0 saturated carbocycles. The molecule has 7 heteroatoms. The van der Waals surface area contributed by atoms with E-state index in [0.29, 0.717) is 18.3 Å². The van der Waals surface area contributed by atoms with Gasteiger partial charge in [-0.3, -0.25) is 0 Å². The Bertz CT molecular complexity index is 1030. The Balaban J connectivity index is 1.37. The number of halogens is 1. The third-order valence-electron chi connectivity index (χ3n) is 4.18. The van der Waals surface area contributed by atoms with Crippen LogP contribution in [0.15, 0.2) is 78.9 Å². The van der Waals surface area contributed by atoms with Gasteiger partial charge in [-0.15, -0.1) is 0 Å². The molecule has 1 heterocycles. The van der Waals surface area contributed by atoms with Gasteiger partial charge in [0.2, 0.25) is 0 Å². The predicted octanol–water partition coefficient (Wildman–Crippen LogP) is 4.40. The van der Waals surface area contributed by atoms with Gasteiger partial charge in [-0.05, 0) is 51.9 Å². The Morgan fingerprint density at radius 1 is 0.857 bits per heavy atom. The van der Waals surface area contributed by atoms with Crippen LogP contribution < -0.4 is 10.1 Å². The zero-order chi connectivity index (χ0) is 19.2. The monoisotopic (exact) mass is 391 g/mol. The maximum absolute atomic E-state index is 6.18. The molecule has 140 valence electrons. The zero-order valence-corrected chi connectivity index (χ0v) is 15.8. The van der Waals surface area contributed by atoms with E-state index in [-0.39, 0.29) is 0 Å². The standard InChI is InChI=1S/C21H18ClN5O/c22-20-9-5-4-6-17(20)15-23-14-16-10-12-19(13-11-16)28-21-24-25-26-27(21)18-7-2-1-3-8-18/h1-13,23H,14-15H2. The van der Waals surface area contributed by atoms with Crippen LogP contribution in [0, 0.1) is 0 Å². The lowest BCUT2D eigenvalue weighted by Crippen LogP contribution is -2.12. The number of nitrogens with zero attached hydrogens (tertiary/aromatic N) is 4. The van der Waals surface area contributed by atoms with Gasteiger partial charge in [0.15, 0.2) is 0 Å². The van der Waals surface area contributed by atoms with Gasteiger partial charge in [0.1, 0.15) is 5.75 Å². The molecule has 0 unspecified atom stereocenters. The van der Waals surface area contributed by atoms with Crippen molar-refractivity contribution in [3.8, 4) is 17.4 Å². The van der Waals surface area contributed by atoms with Crippen LogP contribution in [0.25, 0.3) is 5.69 Å². The SMILES string of the molecule is Clc1ccccc1CNCc1ccc(Oc2nnnn2-c2ccccc2)cc1. The molecular formula is C21H18ClN5O. The summed E-state index contributed by atoms with van der Waals surface area (Å²) in [5.41, 5.74) is 3.06. The third kappa shape index (κ3) is 4.36. The van der Waals surface area contributed by atoms with Crippen molar-refractivity contribution in [3.63, 3.8) is 0 Å². The van der Waals surface area contributed by atoms with E-state index in [2.05, 4.69) is 20.8 Å². The van der Waals surface area contributed by atoms with E-state index in [0.717, 1.165) is 28.4 Å². The normalized spacial score (nSPS) is 10.8. The second kappa shape index (κ2) is 8.65. The fraction of sp³-hybridized carbons (Fsp3) is 0.0952. The van der Waals surface area contributed by atoms with Gasteiger partial charge in [0.25, 0.3) is 0 Å². The van der Waals surface area contributed by atoms with Crippen LogP contribution in [-0.2, 0) is 13.1 Å². The predicted molar refractivity (Wildman–Crippen MR) is 108 cm³/mol. The van der Waals surface area contributed by atoms with Crippen LogP contribution in [0.1, 0.15) is 11.1 Å². The van der Waals surface area contributed by atoms with Crippen molar-refractivity contribution < 1.29 is 4.74 Å². The van der Waals surface area contributed by atoms with Gasteiger partial charge in [-0.2, -0.15) is 4.68 Å². The number of rotatable bonds is 7. The highest BCUT2D eigenvalue weighted by molar-refractivity contribution is 6.31. The first-order valence-corrected chi connectivity index (χ1v) is 9.22. The van der Waals surface area contributed by atoms with Crippen molar-refractivity contribution in [1.82, 2.24) is 25.5 Å². The zero-order valence-electron chi connectivity index (χ0n) is 15.0. The molecule has 0 atom stereocenters. The topological polar surface area (TPSA) is 64.9 Å². The first-order chi connectivity index (χ1) is 13.8. The van der Waals surface area contributed by atoms with Crippen LogP contribution in [0.2, 0.25) is 5.02 Å². The summed E-state index contributed by atoms with van der Waals surface area (Å²) in [4.78, 5) is 0. The molecular weight excluding hydrogens is 374 g/mol. The van der Waals surface area contributed by atoms with Crippen LogP contribution in [0.5, 0.6) is 11.8 Å². The molecule has 4 aromatic rings. The minimum absolute atomic E-state index is 0.316. The van der Waals surface area contributed by atoms with E-state index in [1.54, 1.807) is 4.68 Å². The number of hydrogen-bond donors (Lipinski definition) is 1. The fourth-order valence-electron chi connectivity index (χ4n) is 2.74. The maximum atomic E-state index is 6.18. The molecule has 0 bridgehead atoms. The summed E-state index contributed by atoms with van der Waals surface area (Å²) < 4.78 is 7.39. The summed E-state index contributed by atoms with van der Waals surface area (Å²) >= 11 is 6.18. The molecule has 28 heavy (non-hydrogen) atoms. The van der Waals surface area contributed by atoms with Gasteiger partial charge in [-0.1, -0.05) is 65.2 Å². The highest BCUT2D eigenvalue weighted by Crippen LogP contribution is 2.21. The maximum Gasteiger partial charge on any atom is 0.345 e. The van der Waals surface area contributed by atoms with Crippen molar-refractivity contribution in [3.05, 3.63) is 95.0 Å². The lowest BCUT2D eigenvalue weighted by atomic mass is 10.2. The molecule has 6 nitrogen and oxygen atoms in total. The Labute approximate surface area is 167 Å². The average Bonchev–Trinajstić information content (AvgIpc) is 3.19. The molecule has 0 radical (unpaired) electrons. The largest absolute Gasteiger partial charge is 0.423 e. The van der Waals surface area contributed by atoms with Gasteiger partial charge in [-0.25, -0.2) is 0 Å². The van der Waals surface area contributed by atoms with E-state index in [9.17, 15) is 0 Å². The molecule has 0 spiro atoms. The number of nitrogens with one attached hydrogen (secondary N) is 1. The van der Waals surface area contributed by atoms with Crippen LogP contribution in [0.4, 0.5) is 0 Å². The van der Waals surface area contributed by atoms with Crippen molar-refractivity contribution in [2.24, 2.45) is 0 Å². The van der Waals surface area contributed by atoms with E-state index in [1.807, 2.05) is 78.9 Å². The van der Waals surface area contributed by atoms with Crippen molar-refractivity contribution in [1.29, 1.82) is 0 Å². The van der Waals surface area contributed by atoms with Crippen molar-refractivity contribution in [2.45, 2.75) is 13.1 Å². The molecule has 0 aliphatic heterocycles. The van der Waals surface area contributed by atoms with E-state index in [1.165, 1.54) is 0 Å². The smallest absolute Gasteiger partial charge is 0.345 e. The number of tetrazole rings is 1. The summed E-state index contributed by atoms with van der Waals surface area (Å²) in [7, 11) is 0. The van der Waals surface area contributed by atoms with Crippen molar-refractivity contribution >= 4 is 11.6 Å². The number of ether oxygens (including phenoxy) is 1. The van der Waals surface area contributed by atoms with E-state index in [4.69, 9.17) is 16.3 Å². The summed E-state index contributed by atoms with van der Waals surface area (Å²) in [5, 5.41) is 15.8. The molecule has 3 aromatic carbocycles. The second-order valence-electron chi connectivity index (χ2n) is 6.15. The van der Waals surface area contributed by atoms with E-state index < -0.39 is 0 Å². The van der Waals surface area contributed by atoms with Gasteiger partial charge >= 0.3 is 6.01 Å². The summed E-state index contributed by atoms with van der Waals surface area (Å²) in [6, 6.07) is 25.6. The number of aromatic nitrogens is 4. The van der Waals surface area contributed by atoms with Crippen LogP contribution >= 0.6 is 11.6 Å². The second-order valence-corrected chi connectivity index (χ2v) is 6.56. The first kappa shape index (κ1) is 18.2. The average molecular weight is 392 g/mol. The minimum atomic E-state index is 0.316. The molecule has 0 fully saturated rings. The highest BCUT2D eigenvalue weighted by atomic mass is 35.5. The summed E-state index contributed by atoms with van der Waals surface area (Å²) in [5.74, 6) is 0.668. The molecule has 0 saturated heterocycles. The lowest BCUT2D eigenvalue weighted by Gasteiger charge is -2.08. The highest BCUT2D eigenvalue weighted by Gasteiger charge is 2.10.